The smallest absolute Gasteiger partial charge is 0.132 e. The first-order valence-electron chi connectivity index (χ1n) is 5.15. The summed E-state index contributed by atoms with van der Waals surface area (Å²) in [5, 5.41) is 12.3. The minimum Gasteiger partial charge on any atom is -0.627 e. The van der Waals surface area contributed by atoms with Gasteiger partial charge in [-0.05, 0) is 43.9 Å². The van der Waals surface area contributed by atoms with Crippen LogP contribution in [0.25, 0.3) is 0 Å². The van der Waals surface area contributed by atoms with E-state index in [1.54, 1.807) is 0 Å². The van der Waals surface area contributed by atoms with Crippen LogP contribution < -0.4 is 4.65 Å². The van der Waals surface area contributed by atoms with Gasteiger partial charge < -0.3 is 9.85 Å². The second-order valence-electron chi connectivity index (χ2n) is 3.99. The minimum absolute atomic E-state index is 0.166. The molecule has 0 saturated carbocycles. The molecule has 1 fully saturated rings. The number of quaternary nitrogens is 1. The molecule has 0 bridgehead atoms. The molecule has 0 aromatic heterocycles. The maximum Gasteiger partial charge on any atom is 0.132 e. The van der Waals surface area contributed by atoms with Crippen molar-refractivity contribution in [2.24, 2.45) is 0 Å². The Hall–Kier alpha value is -0.860. The number of rotatable bonds is 1. The standard InChI is InChI=1S/C12H15NO/c1-11-5-7-12(8-6-11)13(14)9-3-2-4-10-13/h1,5-8H,2-4,9-10H2. The van der Waals surface area contributed by atoms with Crippen LogP contribution in [0.15, 0.2) is 24.3 Å². The van der Waals surface area contributed by atoms with Gasteiger partial charge in [-0.25, -0.2) is 0 Å². The van der Waals surface area contributed by atoms with E-state index in [1.165, 1.54) is 6.42 Å². The Labute approximate surface area is 85.3 Å². The number of hydrogen-bond donors (Lipinski definition) is 0. The molecule has 1 saturated heterocycles. The lowest BCUT2D eigenvalue weighted by atomic mass is 10.1. The maximum atomic E-state index is 12.3. The molecule has 0 atom stereocenters. The third-order valence-corrected chi connectivity index (χ3v) is 2.90. The molecule has 0 N–H and O–H groups in total. The van der Waals surface area contributed by atoms with Crippen LogP contribution in [0.4, 0.5) is 5.69 Å². The molecule has 0 spiro atoms. The van der Waals surface area contributed by atoms with E-state index in [1.807, 2.05) is 24.3 Å². The second-order valence-corrected chi connectivity index (χ2v) is 3.99. The van der Waals surface area contributed by atoms with Crippen molar-refractivity contribution in [3.63, 3.8) is 0 Å². The first kappa shape index (κ1) is 9.69. The lowest BCUT2D eigenvalue weighted by molar-refractivity contribution is 0.307. The van der Waals surface area contributed by atoms with Crippen LogP contribution in [0, 0.1) is 12.1 Å². The largest absolute Gasteiger partial charge is 0.627 e. The summed E-state index contributed by atoms with van der Waals surface area (Å²) in [6.45, 7) is 7.01. The van der Waals surface area contributed by atoms with E-state index >= 15 is 0 Å². The highest BCUT2D eigenvalue weighted by atomic mass is 16.5. The van der Waals surface area contributed by atoms with Crippen molar-refractivity contribution in [2.75, 3.05) is 13.1 Å². The van der Waals surface area contributed by atoms with E-state index in [0.717, 1.165) is 24.1 Å². The summed E-state index contributed by atoms with van der Waals surface area (Å²) in [6, 6.07) is 7.32. The Morgan fingerprint density at radius 2 is 1.57 bits per heavy atom. The molecule has 0 amide bonds. The summed E-state index contributed by atoms with van der Waals surface area (Å²) in [4.78, 5) is 0. The van der Waals surface area contributed by atoms with E-state index in [2.05, 4.69) is 0 Å². The number of nitrogens with zero attached hydrogens (tertiary/aromatic N) is 1. The molecule has 2 heteroatoms. The van der Waals surface area contributed by atoms with Gasteiger partial charge in [-0.15, -0.1) is 0 Å². The normalized spacial score (nSPS) is 20.7. The van der Waals surface area contributed by atoms with E-state index in [4.69, 9.17) is 6.92 Å². The van der Waals surface area contributed by atoms with E-state index in [9.17, 15) is 5.21 Å². The summed E-state index contributed by atoms with van der Waals surface area (Å²) in [7, 11) is 0. The fourth-order valence-corrected chi connectivity index (χ4v) is 2.03. The second kappa shape index (κ2) is 3.71. The Morgan fingerprint density at radius 1 is 1.00 bits per heavy atom. The third-order valence-electron chi connectivity index (χ3n) is 2.90. The van der Waals surface area contributed by atoms with Crippen LogP contribution >= 0.6 is 0 Å². The zero-order valence-electron chi connectivity index (χ0n) is 8.28. The topological polar surface area (TPSA) is 23.1 Å². The summed E-state index contributed by atoms with van der Waals surface area (Å²) >= 11 is 0. The van der Waals surface area contributed by atoms with Crippen LogP contribution in [0.1, 0.15) is 24.8 Å². The van der Waals surface area contributed by atoms with Crippen molar-refractivity contribution >= 4 is 5.69 Å². The highest BCUT2D eigenvalue weighted by Crippen LogP contribution is 2.27. The van der Waals surface area contributed by atoms with Crippen LogP contribution in [0.3, 0.4) is 0 Å². The zero-order valence-corrected chi connectivity index (χ0v) is 8.28. The molecular formula is C12H15NO. The third kappa shape index (κ3) is 1.81. The fourth-order valence-electron chi connectivity index (χ4n) is 2.03. The van der Waals surface area contributed by atoms with E-state index in [-0.39, 0.29) is 4.65 Å². The molecule has 1 aliphatic rings. The molecule has 14 heavy (non-hydrogen) atoms. The highest BCUT2D eigenvalue weighted by Gasteiger charge is 2.22. The first-order valence-corrected chi connectivity index (χ1v) is 5.15. The van der Waals surface area contributed by atoms with Gasteiger partial charge in [-0.3, -0.25) is 0 Å². The number of hydroxylamine groups is 2. The van der Waals surface area contributed by atoms with Crippen molar-refractivity contribution in [3.05, 3.63) is 42.0 Å². The van der Waals surface area contributed by atoms with Gasteiger partial charge in [0.1, 0.15) is 5.69 Å². The number of benzene rings is 1. The molecule has 1 aromatic rings. The lowest BCUT2D eigenvalue weighted by Gasteiger charge is -2.44. The van der Waals surface area contributed by atoms with E-state index in [0.29, 0.717) is 13.1 Å². The van der Waals surface area contributed by atoms with Crippen molar-refractivity contribution < 1.29 is 0 Å². The van der Waals surface area contributed by atoms with Gasteiger partial charge in [0, 0.05) is 0 Å². The van der Waals surface area contributed by atoms with Gasteiger partial charge in [0.15, 0.2) is 0 Å². The predicted octanol–water partition coefficient (Wildman–Crippen LogP) is 2.73. The van der Waals surface area contributed by atoms with Gasteiger partial charge in [-0.2, -0.15) is 0 Å². The van der Waals surface area contributed by atoms with Crippen LogP contribution in [0.5, 0.6) is 0 Å². The summed E-state index contributed by atoms with van der Waals surface area (Å²) in [6.07, 6.45) is 3.26. The highest BCUT2D eigenvalue weighted by molar-refractivity contribution is 5.45. The summed E-state index contributed by atoms with van der Waals surface area (Å²) in [5.74, 6) is 0. The monoisotopic (exact) mass is 189 g/mol. The van der Waals surface area contributed by atoms with Crippen LogP contribution in [0.2, 0.25) is 0 Å². The van der Waals surface area contributed by atoms with Crippen molar-refractivity contribution in [3.8, 4) is 0 Å². The average Bonchev–Trinajstić information content (AvgIpc) is 2.19. The molecular weight excluding hydrogens is 174 g/mol. The van der Waals surface area contributed by atoms with Crippen LogP contribution in [-0.2, 0) is 0 Å². The Morgan fingerprint density at radius 3 is 2.14 bits per heavy atom. The zero-order chi connectivity index (χ0) is 10.0. The van der Waals surface area contributed by atoms with Gasteiger partial charge in [0.05, 0.1) is 13.1 Å². The SMILES string of the molecule is [CH]c1ccc([N+]2([O-])CCCCC2)cc1. The van der Waals surface area contributed by atoms with Gasteiger partial charge >= 0.3 is 0 Å². The molecule has 1 aromatic carbocycles. The molecule has 2 radical (unpaired) electrons. The average molecular weight is 189 g/mol. The van der Waals surface area contributed by atoms with Crippen molar-refractivity contribution in [1.82, 2.24) is 4.65 Å². The van der Waals surface area contributed by atoms with E-state index < -0.39 is 0 Å². The Balaban J connectivity index is 2.23. The van der Waals surface area contributed by atoms with Gasteiger partial charge in [0.2, 0.25) is 0 Å². The quantitative estimate of drug-likeness (QED) is 0.492. The summed E-state index contributed by atoms with van der Waals surface area (Å²) in [5.41, 5.74) is 1.57. The molecule has 2 nitrogen and oxygen atoms in total. The fraction of sp³-hybridized carbons (Fsp3) is 0.417. The molecule has 2 rings (SSSR count). The number of hydrogen-bond acceptors (Lipinski definition) is 1. The Bertz CT molecular complexity index is 299. The molecule has 1 aliphatic heterocycles. The molecule has 74 valence electrons. The van der Waals surface area contributed by atoms with Gasteiger partial charge in [0.25, 0.3) is 0 Å². The lowest BCUT2D eigenvalue weighted by Crippen LogP contribution is -2.47. The first-order chi connectivity index (χ1) is 6.71. The van der Waals surface area contributed by atoms with Crippen LogP contribution in [-0.4, -0.2) is 13.1 Å². The van der Waals surface area contributed by atoms with Crippen molar-refractivity contribution in [1.29, 1.82) is 0 Å². The molecule has 1 heterocycles. The van der Waals surface area contributed by atoms with Crippen molar-refractivity contribution in [2.45, 2.75) is 19.3 Å². The Kier molecular flexibility index (Phi) is 2.57. The number of piperidine rings is 1. The molecule has 0 aliphatic carbocycles. The maximum absolute atomic E-state index is 12.3. The minimum atomic E-state index is -0.166. The molecule has 0 unspecified atom stereocenters. The van der Waals surface area contributed by atoms with Gasteiger partial charge in [-0.1, -0.05) is 12.1 Å². The summed E-state index contributed by atoms with van der Waals surface area (Å²) < 4.78 is -0.166. The predicted molar refractivity (Wildman–Crippen MR) is 58.6 cm³/mol.